The van der Waals surface area contributed by atoms with Gasteiger partial charge in [0.25, 0.3) is 0 Å². The van der Waals surface area contributed by atoms with E-state index in [1.807, 2.05) is 0 Å². The monoisotopic (exact) mass is 295 g/mol. The van der Waals surface area contributed by atoms with Crippen LogP contribution >= 0.6 is 11.6 Å². The van der Waals surface area contributed by atoms with E-state index in [9.17, 15) is 12.8 Å². The highest BCUT2D eigenvalue weighted by Crippen LogP contribution is 2.21. The third kappa shape index (κ3) is 3.65. The van der Waals surface area contributed by atoms with Crippen LogP contribution in [0.15, 0.2) is 23.1 Å². The van der Waals surface area contributed by atoms with Crippen molar-refractivity contribution in [1.29, 1.82) is 0 Å². The van der Waals surface area contributed by atoms with Crippen LogP contribution in [0.4, 0.5) is 4.39 Å². The molecule has 4 nitrogen and oxygen atoms in total. The lowest BCUT2D eigenvalue weighted by Gasteiger charge is -2.17. The number of ether oxygens (including phenoxy) is 1. The lowest BCUT2D eigenvalue weighted by atomic mass is 10.3. The Kier molecular flexibility index (Phi) is 5.52. The van der Waals surface area contributed by atoms with Crippen molar-refractivity contribution < 1.29 is 17.5 Å². The first-order valence-electron chi connectivity index (χ1n) is 5.30. The van der Waals surface area contributed by atoms with Crippen molar-refractivity contribution in [2.45, 2.75) is 11.3 Å². The van der Waals surface area contributed by atoms with Crippen LogP contribution in [-0.2, 0) is 14.8 Å². The first-order valence-corrected chi connectivity index (χ1v) is 7.11. The predicted molar refractivity (Wildman–Crippen MR) is 67.7 cm³/mol. The fourth-order valence-electron chi connectivity index (χ4n) is 1.40. The quantitative estimate of drug-likeness (QED) is 0.755. The first kappa shape index (κ1) is 15.4. The van der Waals surface area contributed by atoms with Gasteiger partial charge in [-0.25, -0.2) is 17.1 Å². The summed E-state index contributed by atoms with van der Waals surface area (Å²) in [6, 6.07) is 3.50. The minimum absolute atomic E-state index is 0.161. The third-order valence-electron chi connectivity index (χ3n) is 2.40. The van der Waals surface area contributed by atoms with Crippen LogP contribution in [0.25, 0.3) is 0 Å². The van der Waals surface area contributed by atoms with Gasteiger partial charge in [0.15, 0.2) is 0 Å². The van der Waals surface area contributed by atoms with E-state index >= 15 is 0 Å². The zero-order valence-electron chi connectivity index (χ0n) is 10.2. The Morgan fingerprint density at radius 2 is 2.11 bits per heavy atom. The number of halogens is 2. The average Bonchev–Trinajstić information content (AvgIpc) is 2.28. The Bertz CT molecular complexity index is 507. The summed E-state index contributed by atoms with van der Waals surface area (Å²) in [6.45, 7) is 0.710. The number of sulfonamides is 1. The molecule has 18 heavy (non-hydrogen) atoms. The van der Waals surface area contributed by atoms with Crippen LogP contribution in [0.5, 0.6) is 0 Å². The maximum atomic E-state index is 13.6. The Balaban J connectivity index is 2.91. The molecule has 0 spiro atoms. The zero-order valence-corrected chi connectivity index (χ0v) is 11.8. The van der Waals surface area contributed by atoms with Gasteiger partial charge < -0.3 is 4.74 Å². The van der Waals surface area contributed by atoms with Gasteiger partial charge in [0.05, 0.1) is 0 Å². The molecule has 0 aliphatic heterocycles. The molecule has 0 atom stereocenters. The van der Waals surface area contributed by atoms with Gasteiger partial charge in [-0.2, -0.15) is 0 Å². The summed E-state index contributed by atoms with van der Waals surface area (Å²) in [6.07, 6.45) is 0.543. The van der Waals surface area contributed by atoms with Crippen molar-refractivity contribution in [3.05, 3.63) is 29.0 Å². The fourth-order valence-corrected chi connectivity index (χ4v) is 2.81. The van der Waals surface area contributed by atoms with Gasteiger partial charge in [0, 0.05) is 32.3 Å². The second-order valence-corrected chi connectivity index (χ2v) is 6.20. The molecular formula is C11H15ClFNO3S. The van der Waals surface area contributed by atoms with Crippen molar-refractivity contribution in [3.63, 3.8) is 0 Å². The molecule has 1 aromatic carbocycles. The molecule has 0 fully saturated rings. The molecule has 0 saturated heterocycles. The lowest BCUT2D eigenvalue weighted by Crippen LogP contribution is -2.29. The van der Waals surface area contributed by atoms with E-state index in [1.165, 1.54) is 26.3 Å². The highest BCUT2D eigenvalue weighted by molar-refractivity contribution is 7.89. The molecule has 0 unspecified atom stereocenters. The van der Waals surface area contributed by atoms with Gasteiger partial charge >= 0.3 is 0 Å². The maximum absolute atomic E-state index is 13.6. The predicted octanol–water partition coefficient (Wildman–Crippen LogP) is 2.14. The minimum atomic E-state index is -3.82. The van der Waals surface area contributed by atoms with E-state index in [2.05, 4.69) is 0 Å². The molecule has 0 radical (unpaired) electrons. The molecule has 0 saturated carbocycles. The summed E-state index contributed by atoms with van der Waals surface area (Å²) in [5.41, 5.74) is 0. The zero-order chi connectivity index (χ0) is 13.8. The normalized spacial score (nSPS) is 12.1. The highest BCUT2D eigenvalue weighted by Gasteiger charge is 2.24. The van der Waals surface area contributed by atoms with E-state index in [-0.39, 0.29) is 16.5 Å². The molecule has 0 bridgehead atoms. The first-order chi connectivity index (χ1) is 8.39. The van der Waals surface area contributed by atoms with Gasteiger partial charge in [-0.3, -0.25) is 0 Å². The number of hydrogen-bond donors (Lipinski definition) is 0. The summed E-state index contributed by atoms with van der Waals surface area (Å²) in [5, 5.41) is 0.161. The van der Waals surface area contributed by atoms with Gasteiger partial charge in [-0.15, -0.1) is 0 Å². The molecule has 7 heteroatoms. The van der Waals surface area contributed by atoms with Gasteiger partial charge in [0.2, 0.25) is 10.0 Å². The summed E-state index contributed by atoms with van der Waals surface area (Å²) in [5.74, 6) is -0.846. The number of nitrogens with zero attached hydrogens (tertiary/aromatic N) is 1. The molecule has 0 aliphatic rings. The molecular weight excluding hydrogens is 281 g/mol. The number of rotatable bonds is 6. The number of hydrogen-bond acceptors (Lipinski definition) is 3. The minimum Gasteiger partial charge on any atom is -0.385 e. The lowest BCUT2D eigenvalue weighted by molar-refractivity contribution is 0.189. The second kappa shape index (κ2) is 6.47. The molecule has 1 aromatic rings. The van der Waals surface area contributed by atoms with Crippen molar-refractivity contribution >= 4 is 21.6 Å². The van der Waals surface area contributed by atoms with Gasteiger partial charge in [-0.05, 0) is 24.6 Å². The standard InChI is InChI=1S/C11H15ClFNO3S/c1-14(6-3-7-17-2)18(15,16)11-5-4-9(12)8-10(11)13/h4-5,8H,3,6-7H2,1-2H3. The number of benzene rings is 1. The molecule has 0 heterocycles. The van der Waals surface area contributed by atoms with Crippen LogP contribution in [0.2, 0.25) is 5.02 Å². The van der Waals surface area contributed by atoms with E-state index in [1.54, 1.807) is 0 Å². The Morgan fingerprint density at radius 3 is 2.67 bits per heavy atom. The van der Waals surface area contributed by atoms with Gasteiger partial charge in [0.1, 0.15) is 10.7 Å². The molecule has 0 aromatic heterocycles. The van der Waals surface area contributed by atoms with E-state index in [0.29, 0.717) is 13.0 Å². The van der Waals surface area contributed by atoms with E-state index in [4.69, 9.17) is 16.3 Å². The average molecular weight is 296 g/mol. The summed E-state index contributed by atoms with van der Waals surface area (Å²) >= 11 is 5.58. The summed E-state index contributed by atoms with van der Waals surface area (Å²) in [4.78, 5) is -0.369. The Morgan fingerprint density at radius 1 is 1.44 bits per heavy atom. The molecule has 102 valence electrons. The van der Waals surface area contributed by atoms with Crippen molar-refractivity contribution in [2.75, 3.05) is 27.3 Å². The second-order valence-electron chi connectivity index (χ2n) is 3.75. The largest absolute Gasteiger partial charge is 0.385 e. The molecule has 0 N–H and O–H groups in total. The molecule has 0 aliphatic carbocycles. The van der Waals surface area contributed by atoms with Crippen LogP contribution in [0, 0.1) is 5.82 Å². The van der Waals surface area contributed by atoms with Crippen molar-refractivity contribution in [3.8, 4) is 0 Å². The highest BCUT2D eigenvalue weighted by atomic mass is 35.5. The van der Waals surface area contributed by atoms with Crippen LogP contribution in [0.1, 0.15) is 6.42 Å². The van der Waals surface area contributed by atoms with Crippen molar-refractivity contribution in [1.82, 2.24) is 4.31 Å². The fraction of sp³-hybridized carbons (Fsp3) is 0.455. The molecule has 0 amide bonds. The van der Waals surface area contributed by atoms with Crippen molar-refractivity contribution in [2.24, 2.45) is 0 Å². The summed E-state index contributed by atoms with van der Waals surface area (Å²) in [7, 11) is -0.886. The smallest absolute Gasteiger partial charge is 0.245 e. The molecule has 1 rings (SSSR count). The van der Waals surface area contributed by atoms with Crippen LogP contribution < -0.4 is 0 Å². The SMILES string of the molecule is COCCCN(C)S(=O)(=O)c1ccc(Cl)cc1F. The topological polar surface area (TPSA) is 46.6 Å². The van der Waals surface area contributed by atoms with E-state index < -0.39 is 15.8 Å². The Hall–Kier alpha value is -0.690. The summed E-state index contributed by atoms with van der Waals surface area (Å²) < 4.78 is 43.6. The third-order valence-corrected chi connectivity index (χ3v) is 4.53. The number of methoxy groups -OCH3 is 1. The van der Waals surface area contributed by atoms with Gasteiger partial charge in [-0.1, -0.05) is 11.6 Å². The maximum Gasteiger partial charge on any atom is 0.245 e. The van der Waals surface area contributed by atoms with Crippen LogP contribution in [-0.4, -0.2) is 40.0 Å². The Labute approximate surface area is 111 Å². The van der Waals surface area contributed by atoms with E-state index in [0.717, 1.165) is 10.4 Å². The van der Waals surface area contributed by atoms with Crippen LogP contribution in [0.3, 0.4) is 0 Å².